The predicted octanol–water partition coefficient (Wildman–Crippen LogP) is 0.436. The van der Waals surface area contributed by atoms with Crippen LogP contribution in [0.15, 0.2) is 0 Å². The number of esters is 1. The molecule has 0 aliphatic carbocycles. The first kappa shape index (κ1) is 19.6. The third-order valence-electron chi connectivity index (χ3n) is 4.78. The van der Waals surface area contributed by atoms with E-state index in [1.165, 1.54) is 14.0 Å². The topological polar surface area (TPSA) is 112 Å². The number of fused-ring (bicyclic) bond motifs is 1. The Morgan fingerprint density at radius 1 is 1.36 bits per heavy atom. The molecule has 0 aromatic rings. The minimum atomic E-state index is -2.06. The number of rotatable bonds is 3. The molecule has 1 unspecified atom stereocenters. The van der Waals surface area contributed by atoms with Gasteiger partial charge in [-0.15, -0.1) is 0 Å². The summed E-state index contributed by atoms with van der Waals surface area (Å²) in [6, 6.07) is 0. The molecule has 4 atom stereocenters. The van der Waals surface area contributed by atoms with Crippen LogP contribution in [0, 0.1) is 5.92 Å². The maximum absolute atomic E-state index is 12.9. The summed E-state index contributed by atoms with van der Waals surface area (Å²) in [4.78, 5) is 38.9. The second-order valence-electron chi connectivity index (χ2n) is 7.34. The van der Waals surface area contributed by atoms with Gasteiger partial charge in [0.15, 0.2) is 6.29 Å². The summed E-state index contributed by atoms with van der Waals surface area (Å²) < 4.78 is 21.0. The first-order valence-corrected chi connectivity index (χ1v) is 7.95. The molecule has 2 aliphatic rings. The third-order valence-corrected chi connectivity index (χ3v) is 4.78. The first-order chi connectivity index (χ1) is 11.5. The van der Waals surface area contributed by atoms with E-state index in [4.69, 9.17) is 18.9 Å². The van der Waals surface area contributed by atoms with Crippen LogP contribution in [0.25, 0.3) is 0 Å². The number of nitrogens with zero attached hydrogens (tertiary/aromatic N) is 1. The van der Waals surface area contributed by atoms with Crippen LogP contribution >= 0.6 is 0 Å². The highest BCUT2D eigenvalue weighted by atomic mass is 16.7. The fourth-order valence-corrected chi connectivity index (χ4v) is 3.56. The van der Waals surface area contributed by atoms with Crippen molar-refractivity contribution in [3.63, 3.8) is 0 Å². The number of amides is 2. The van der Waals surface area contributed by atoms with E-state index in [-0.39, 0.29) is 6.42 Å². The standard InChI is InChI=1S/C16H25NO8/c1-14(2,3)25-13(21)17-11(19)9-7-10(22-5)24-15(9,4)16(17,8-18)12(20)23-6/h9-10,18H,7-8H2,1-6H3/t9?,10-,15+,16+/m1/s1. The molecular weight excluding hydrogens is 334 g/mol. The Kier molecular flexibility index (Phi) is 4.88. The quantitative estimate of drug-likeness (QED) is 0.722. The van der Waals surface area contributed by atoms with Crippen LogP contribution in [0.1, 0.15) is 34.1 Å². The maximum atomic E-state index is 12.9. The monoisotopic (exact) mass is 359 g/mol. The molecule has 2 saturated heterocycles. The van der Waals surface area contributed by atoms with Crippen LogP contribution in [0.5, 0.6) is 0 Å². The van der Waals surface area contributed by atoms with Gasteiger partial charge in [0.25, 0.3) is 0 Å². The number of carbonyl (C=O) groups excluding carboxylic acids is 3. The van der Waals surface area contributed by atoms with Crippen molar-refractivity contribution in [3.8, 4) is 0 Å². The SMILES string of the molecule is COC(=O)[C@]1(CO)N(C(=O)OC(C)(C)C)C(=O)C2C[C@H](OC)O[C@@]21C. The van der Waals surface area contributed by atoms with E-state index in [1.54, 1.807) is 20.8 Å². The van der Waals surface area contributed by atoms with Gasteiger partial charge in [0.05, 0.1) is 19.6 Å². The van der Waals surface area contributed by atoms with Gasteiger partial charge in [-0.25, -0.2) is 14.5 Å². The molecule has 2 rings (SSSR count). The summed E-state index contributed by atoms with van der Waals surface area (Å²) in [7, 11) is 2.51. The fourth-order valence-electron chi connectivity index (χ4n) is 3.56. The number of imide groups is 1. The number of hydrogen-bond acceptors (Lipinski definition) is 8. The number of methoxy groups -OCH3 is 2. The van der Waals surface area contributed by atoms with Gasteiger partial charge in [-0.3, -0.25) is 4.79 Å². The Hall–Kier alpha value is -1.71. The van der Waals surface area contributed by atoms with Gasteiger partial charge in [-0.1, -0.05) is 0 Å². The molecular formula is C16H25NO8. The molecule has 25 heavy (non-hydrogen) atoms. The number of aliphatic hydroxyl groups excluding tert-OH is 1. The molecule has 2 heterocycles. The smallest absolute Gasteiger partial charge is 0.418 e. The molecule has 1 N–H and O–H groups in total. The summed E-state index contributed by atoms with van der Waals surface area (Å²) in [6.45, 7) is 5.51. The van der Waals surface area contributed by atoms with Gasteiger partial charge in [-0.2, -0.15) is 0 Å². The summed E-state index contributed by atoms with van der Waals surface area (Å²) >= 11 is 0. The van der Waals surface area contributed by atoms with Gasteiger partial charge in [0, 0.05) is 13.5 Å². The molecule has 2 fully saturated rings. The lowest BCUT2D eigenvalue weighted by atomic mass is 9.77. The minimum absolute atomic E-state index is 0.143. The van der Waals surface area contributed by atoms with Gasteiger partial charge >= 0.3 is 12.1 Å². The largest absolute Gasteiger partial charge is 0.467 e. The van der Waals surface area contributed by atoms with Gasteiger partial charge < -0.3 is 24.1 Å². The zero-order valence-electron chi connectivity index (χ0n) is 15.3. The van der Waals surface area contributed by atoms with E-state index in [1.807, 2.05) is 0 Å². The van der Waals surface area contributed by atoms with Crippen LogP contribution in [0.2, 0.25) is 0 Å². The van der Waals surface area contributed by atoms with E-state index >= 15 is 0 Å². The Morgan fingerprint density at radius 3 is 2.40 bits per heavy atom. The van der Waals surface area contributed by atoms with Crippen molar-refractivity contribution in [1.29, 1.82) is 0 Å². The Bertz CT molecular complexity index is 585. The van der Waals surface area contributed by atoms with Crippen molar-refractivity contribution >= 4 is 18.0 Å². The zero-order valence-corrected chi connectivity index (χ0v) is 15.3. The molecule has 0 aromatic heterocycles. The van der Waals surface area contributed by atoms with Crippen molar-refractivity contribution in [2.24, 2.45) is 5.92 Å². The van der Waals surface area contributed by atoms with Gasteiger partial charge in [0.2, 0.25) is 11.4 Å². The molecule has 0 radical (unpaired) electrons. The van der Waals surface area contributed by atoms with Gasteiger partial charge in [-0.05, 0) is 27.7 Å². The van der Waals surface area contributed by atoms with Crippen LogP contribution < -0.4 is 0 Å². The van der Waals surface area contributed by atoms with E-state index in [0.717, 1.165) is 7.11 Å². The van der Waals surface area contributed by atoms with E-state index < -0.39 is 53.5 Å². The molecule has 9 heteroatoms. The predicted molar refractivity (Wildman–Crippen MR) is 83.3 cm³/mol. The molecule has 9 nitrogen and oxygen atoms in total. The summed E-state index contributed by atoms with van der Waals surface area (Å²) in [5.74, 6) is -2.50. The number of ether oxygens (including phenoxy) is 4. The van der Waals surface area contributed by atoms with Crippen molar-refractivity contribution in [3.05, 3.63) is 0 Å². The van der Waals surface area contributed by atoms with Crippen LogP contribution in [0.4, 0.5) is 4.79 Å². The van der Waals surface area contributed by atoms with Crippen molar-refractivity contribution in [2.75, 3.05) is 20.8 Å². The lowest BCUT2D eigenvalue weighted by molar-refractivity contribution is -0.205. The van der Waals surface area contributed by atoms with Gasteiger partial charge in [0.1, 0.15) is 11.2 Å². The van der Waals surface area contributed by atoms with Crippen LogP contribution in [-0.4, -0.2) is 71.8 Å². The van der Waals surface area contributed by atoms with Crippen LogP contribution in [0.3, 0.4) is 0 Å². The molecule has 2 aliphatic heterocycles. The number of aliphatic hydroxyl groups is 1. The highest BCUT2D eigenvalue weighted by Gasteiger charge is 2.76. The molecule has 142 valence electrons. The molecule has 0 aromatic carbocycles. The van der Waals surface area contributed by atoms with E-state index in [2.05, 4.69) is 0 Å². The molecule has 0 bridgehead atoms. The molecule has 2 amide bonds. The lowest BCUT2D eigenvalue weighted by Crippen LogP contribution is -2.68. The van der Waals surface area contributed by atoms with E-state index in [0.29, 0.717) is 4.90 Å². The third kappa shape index (κ3) is 2.70. The normalized spacial score (nSPS) is 34.8. The molecule has 0 saturated carbocycles. The Morgan fingerprint density at radius 2 is 1.96 bits per heavy atom. The average molecular weight is 359 g/mol. The minimum Gasteiger partial charge on any atom is -0.467 e. The van der Waals surface area contributed by atoms with Crippen molar-refractivity contribution in [1.82, 2.24) is 4.90 Å². The van der Waals surface area contributed by atoms with E-state index in [9.17, 15) is 19.5 Å². The maximum Gasteiger partial charge on any atom is 0.418 e. The van der Waals surface area contributed by atoms with Crippen LogP contribution in [-0.2, 0) is 28.5 Å². The Labute approximate surface area is 146 Å². The Balaban J connectivity index is 2.58. The van der Waals surface area contributed by atoms with Crippen molar-refractivity contribution < 1.29 is 38.4 Å². The summed E-state index contributed by atoms with van der Waals surface area (Å²) in [5, 5.41) is 10.1. The zero-order chi connectivity index (χ0) is 19.2. The fraction of sp³-hybridized carbons (Fsp3) is 0.812. The lowest BCUT2D eigenvalue weighted by Gasteiger charge is -2.42. The average Bonchev–Trinajstić information content (AvgIpc) is 2.94. The summed E-state index contributed by atoms with van der Waals surface area (Å²) in [5.41, 5.74) is -4.47. The highest BCUT2D eigenvalue weighted by Crippen LogP contribution is 2.53. The second kappa shape index (κ2) is 6.22. The second-order valence-corrected chi connectivity index (χ2v) is 7.34. The molecule has 0 spiro atoms. The first-order valence-electron chi connectivity index (χ1n) is 7.95. The number of hydrogen-bond donors (Lipinski definition) is 1. The number of carbonyl (C=O) groups is 3. The highest BCUT2D eigenvalue weighted by molar-refractivity contribution is 6.05. The van der Waals surface area contributed by atoms with Crippen molar-refractivity contribution in [2.45, 2.75) is 57.1 Å². The number of likely N-dealkylation sites (tertiary alicyclic amines) is 1. The summed E-state index contributed by atoms with van der Waals surface area (Å²) in [6.07, 6.45) is -1.63.